The van der Waals surface area contributed by atoms with Crippen molar-refractivity contribution < 1.29 is 50.0 Å². The number of nitrogens with zero attached hydrogens (tertiary/aromatic N) is 7. The Morgan fingerprint density at radius 3 is 2.30 bits per heavy atom. The zero-order valence-electron chi connectivity index (χ0n) is 20.9. The summed E-state index contributed by atoms with van der Waals surface area (Å²) >= 11 is 5.85. The Hall–Kier alpha value is -4.10. The van der Waals surface area contributed by atoms with Crippen LogP contribution in [-0.2, 0) is 28.4 Å². The number of carbonyl (C=O) groups is 1. The highest BCUT2D eigenvalue weighted by atomic mass is 35.5. The number of nitrogens with two attached hydrogens (primary N) is 1. The van der Waals surface area contributed by atoms with Crippen molar-refractivity contribution in [2.24, 2.45) is 5.73 Å². The second-order valence-electron chi connectivity index (χ2n) is 8.51. The molecule has 0 aliphatic rings. The summed E-state index contributed by atoms with van der Waals surface area (Å²) in [5, 5.41) is 7.95. The quantitative estimate of drug-likeness (QED) is 0.178. The highest BCUT2D eigenvalue weighted by Crippen LogP contribution is 2.42. The Bertz CT molecular complexity index is 1770. The van der Waals surface area contributed by atoms with E-state index in [0.717, 1.165) is 12.3 Å². The minimum atomic E-state index is -5.70. The summed E-state index contributed by atoms with van der Waals surface area (Å²) in [6.45, 7) is -2.30. The molecule has 1 aromatic carbocycles. The summed E-state index contributed by atoms with van der Waals surface area (Å²) in [6, 6.07) is 6.79. The normalized spacial score (nSPS) is 13.3. The zero-order chi connectivity index (χ0) is 31.9. The molecule has 4 rings (SSSR count). The molecule has 0 spiro atoms. The number of aromatic nitrogens is 7. The number of phosphoric ester groups is 1. The van der Waals surface area contributed by atoms with E-state index in [1.54, 1.807) is 0 Å². The second kappa shape index (κ2) is 11.5. The van der Waals surface area contributed by atoms with E-state index >= 15 is 0 Å². The van der Waals surface area contributed by atoms with Gasteiger partial charge in [-0.2, -0.15) is 31.0 Å². The number of benzene rings is 1. The Morgan fingerprint density at radius 1 is 1.09 bits per heavy atom. The number of primary amides is 1. The third kappa shape index (κ3) is 7.28. The molecule has 1 amide bonds. The van der Waals surface area contributed by atoms with Crippen LogP contribution in [0.5, 0.6) is 0 Å². The van der Waals surface area contributed by atoms with E-state index in [0.29, 0.717) is 20.0 Å². The molecule has 4 N–H and O–H groups in total. The molecule has 0 saturated heterocycles. The van der Waals surface area contributed by atoms with Gasteiger partial charge in [-0.15, -0.1) is 10.2 Å². The van der Waals surface area contributed by atoms with E-state index in [-0.39, 0.29) is 10.6 Å². The molecule has 14 nitrogen and oxygen atoms in total. The summed E-state index contributed by atoms with van der Waals surface area (Å²) in [7, 11) is -5.70. The minimum absolute atomic E-state index is 0.0250. The number of rotatable bonds is 9. The summed E-state index contributed by atoms with van der Waals surface area (Å²) in [5.41, 5.74) is 2.66. The second-order valence-corrected chi connectivity index (χ2v) is 10.1. The van der Waals surface area contributed by atoms with Crippen LogP contribution in [-0.4, -0.2) is 62.1 Å². The molecule has 1 unspecified atom stereocenters. The number of alkyl halides is 6. The van der Waals surface area contributed by atoms with Gasteiger partial charge in [-0.3, -0.25) is 13.9 Å². The molecule has 0 bridgehead atoms. The summed E-state index contributed by atoms with van der Waals surface area (Å²) in [5.74, 6) is -4.02. The van der Waals surface area contributed by atoms with E-state index in [9.17, 15) is 40.5 Å². The number of halogens is 7. The lowest BCUT2D eigenvalue weighted by molar-refractivity contribution is -0.202. The summed E-state index contributed by atoms with van der Waals surface area (Å²) in [6.07, 6.45) is -12.5. The first kappa shape index (κ1) is 31.8. The van der Waals surface area contributed by atoms with Gasteiger partial charge in [-0.25, -0.2) is 24.0 Å². The number of amides is 1. The minimum Gasteiger partial charge on any atom is -0.363 e. The van der Waals surface area contributed by atoms with Gasteiger partial charge in [-0.1, -0.05) is 11.6 Å². The molecular formula is C21H16ClF6N8O6P. The molecule has 0 saturated carbocycles. The zero-order valence-corrected chi connectivity index (χ0v) is 22.5. The van der Waals surface area contributed by atoms with Gasteiger partial charge < -0.3 is 15.5 Å². The molecule has 22 heteroatoms. The number of hydrogen-bond donors (Lipinski definition) is 3. The molecule has 4 aromatic rings. The van der Waals surface area contributed by atoms with Gasteiger partial charge in [0.2, 0.25) is 5.82 Å². The molecule has 3 aromatic heterocycles. The highest BCUT2D eigenvalue weighted by Gasteiger charge is 2.45. The first-order valence-corrected chi connectivity index (χ1v) is 13.3. The number of carbonyl (C=O) groups excluding carboxylic acids is 1. The Morgan fingerprint density at radius 2 is 1.74 bits per heavy atom. The van der Waals surface area contributed by atoms with E-state index in [4.69, 9.17) is 27.1 Å². The third-order valence-corrected chi connectivity index (χ3v) is 6.24. The average Bonchev–Trinajstić information content (AvgIpc) is 3.44. The van der Waals surface area contributed by atoms with E-state index in [2.05, 4.69) is 24.7 Å². The van der Waals surface area contributed by atoms with Crippen LogP contribution in [0.15, 0.2) is 47.4 Å². The molecule has 43 heavy (non-hydrogen) atoms. The monoisotopic (exact) mass is 656 g/mol. The summed E-state index contributed by atoms with van der Waals surface area (Å²) < 4.78 is 98.0. The number of pyridine rings is 1. The first-order chi connectivity index (χ1) is 19.8. The van der Waals surface area contributed by atoms with Gasteiger partial charge in [0.15, 0.2) is 23.6 Å². The molecule has 1 atom stereocenters. The van der Waals surface area contributed by atoms with Gasteiger partial charge in [0.05, 0.1) is 6.54 Å². The fourth-order valence-corrected chi connectivity index (χ4v) is 4.34. The maximum absolute atomic E-state index is 13.6. The Labute approximate surface area is 239 Å². The SMILES string of the molecule is NC(=O)c1nc(Cn2nc(-c3ccc(Cl)cc3)n(CC(OP(=O)(O)O)C(F)(F)F)c2=O)nn1-c1ncccc1C(F)(F)F. The standard InChI is InChI=1S/C21H16ClF6N8O6P/c22-11-5-3-10(4-6-11)16-33-35(19(38)34(16)8-13(21(26,27)28)42-43(39,40)41)9-14-31-18(15(29)37)36(32-14)17-12(20(23,24)25)2-1-7-30-17/h1-7,13H,8-9H2,(H2,29,37)(H2,39,40,41). The van der Waals surface area contributed by atoms with Gasteiger partial charge in [0, 0.05) is 16.8 Å². The smallest absolute Gasteiger partial charge is 0.363 e. The molecule has 0 radical (unpaired) electrons. The summed E-state index contributed by atoms with van der Waals surface area (Å²) in [4.78, 5) is 50.6. The van der Waals surface area contributed by atoms with Crippen LogP contribution in [0, 0.1) is 0 Å². The van der Waals surface area contributed by atoms with Crippen molar-refractivity contribution in [3.8, 4) is 17.2 Å². The topological polar surface area (TPSA) is 193 Å². The molecule has 0 aliphatic carbocycles. The fraction of sp³-hybridized carbons (Fsp3) is 0.238. The van der Waals surface area contributed by atoms with Crippen molar-refractivity contribution in [3.63, 3.8) is 0 Å². The van der Waals surface area contributed by atoms with Crippen LogP contribution in [0.4, 0.5) is 26.3 Å². The number of phosphoric acid groups is 1. The lowest BCUT2D eigenvalue weighted by Crippen LogP contribution is -2.38. The van der Waals surface area contributed by atoms with Crippen molar-refractivity contribution in [2.75, 3.05) is 0 Å². The first-order valence-electron chi connectivity index (χ1n) is 11.4. The van der Waals surface area contributed by atoms with Gasteiger partial charge in [0.1, 0.15) is 12.1 Å². The predicted molar refractivity (Wildman–Crippen MR) is 132 cm³/mol. The Kier molecular flexibility index (Phi) is 8.53. The van der Waals surface area contributed by atoms with Crippen LogP contribution in [0.1, 0.15) is 22.0 Å². The lowest BCUT2D eigenvalue weighted by atomic mass is 10.2. The van der Waals surface area contributed by atoms with Gasteiger partial charge in [-0.05, 0) is 36.4 Å². The van der Waals surface area contributed by atoms with E-state index in [1.807, 2.05) is 0 Å². The van der Waals surface area contributed by atoms with Crippen LogP contribution in [0.25, 0.3) is 17.2 Å². The molecule has 0 aliphatic heterocycles. The lowest BCUT2D eigenvalue weighted by Gasteiger charge is -2.21. The third-order valence-electron chi connectivity index (χ3n) is 5.46. The highest BCUT2D eigenvalue weighted by molar-refractivity contribution is 7.46. The molecule has 230 valence electrons. The van der Waals surface area contributed by atoms with Crippen LogP contribution >= 0.6 is 19.4 Å². The van der Waals surface area contributed by atoms with Crippen molar-refractivity contribution in [2.45, 2.75) is 31.5 Å². The van der Waals surface area contributed by atoms with Crippen molar-refractivity contribution in [1.82, 2.24) is 34.1 Å². The largest absolute Gasteiger partial charge is 0.470 e. The molecule has 3 heterocycles. The number of hydrogen-bond acceptors (Lipinski definition) is 8. The maximum atomic E-state index is 13.6. The van der Waals surface area contributed by atoms with Crippen LogP contribution < -0.4 is 11.4 Å². The fourth-order valence-electron chi connectivity index (χ4n) is 3.70. The van der Waals surface area contributed by atoms with Gasteiger partial charge >= 0.3 is 25.9 Å². The van der Waals surface area contributed by atoms with Crippen molar-refractivity contribution in [3.05, 3.63) is 75.3 Å². The average molecular weight is 657 g/mol. The van der Waals surface area contributed by atoms with Crippen LogP contribution in [0.3, 0.4) is 0 Å². The molecular weight excluding hydrogens is 641 g/mol. The van der Waals surface area contributed by atoms with Crippen LogP contribution in [0.2, 0.25) is 5.02 Å². The van der Waals surface area contributed by atoms with Crippen molar-refractivity contribution in [1.29, 1.82) is 0 Å². The molecule has 0 fully saturated rings. The van der Waals surface area contributed by atoms with Crippen molar-refractivity contribution >= 4 is 25.3 Å². The Balaban J connectivity index is 1.83. The maximum Gasteiger partial charge on any atom is 0.470 e. The predicted octanol–water partition coefficient (Wildman–Crippen LogP) is 2.55. The van der Waals surface area contributed by atoms with E-state index in [1.165, 1.54) is 24.3 Å². The van der Waals surface area contributed by atoms with E-state index < -0.39 is 79.8 Å². The van der Waals surface area contributed by atoms with Gasteiger partial charge in [0.25, 0.3) is 5.91 Å².